The largest absolute Gasteiger partial charge is 0.496 e. The minimum absolute atomic E-state index is 0.0427. The van der Waals surface area contributed by atoms with Gasteiger partial charge in [-0.2, -0.15) is 0 Å². The molecule has 0 bridgehead atoms. The van der Waals surface area contributed by atoms with E-state index in [1.165, 1.54) is 0 Å². The Morgan fingerprint density at radius 1 is 1.38 bits per heavy atom. The SMILES string of the molecule is COc1ccccc1C1(C(=O)N2CCOC(CN(C)CC(=O)O)C2)CC1. The fraction of sp³-hybridized carbons (Fsp3) is 0.579. The number of para-hydroxylation sites is 1. The van der Waals surface area contributed by atoms with E-state index in [0.29, 0.717) is 26.2 Å². The Hall–Kier alpha value is -2.12. The van der Waals surface area contributed by atoms with Crippen molar-refractivity contribution >= 4 is 11.9 Å². The molecule has 142 valence electrons. The fourth-order valence-corrected chi connectivity index (χ4v) is 3.72. The molecule has 2 fully saturated rings. The van der Waals surface area contributed by atoms with Crippen LogP contribution in [-0.4, -0.2) is 79.8 Å². The lowest BCUT2D eigenvalue weighted by Gasteiger charge is -2.36. The van der Waals surface area contributed by atoms with E-state index in [-0.39, 0.29) is 18.6 Å². The number of nitrogens with zero attached hydrogens (tertiary/aromatic N) is 2. The van der Waals surface area contributed by atoms with Crippen LogP contribution in [0.3, 0.4) is 0 Å². The van der Waals surface area contributed by atoms with E-state index in [1.807, 2.05) is 29.2 Å². The van der Waals surface area contributed by atoms with Crippen LogP contribution in [0.1, 0.15) is 18.4 Å². The van der Waals surface area contributed by atoms with E-state index in [9.17, 15) is 9.59 Å². The number of aliphatic carboxylic acids is 1. The number of methoxy groups -OCH3 is 1. The Kier molecular flexibility index (Phi) is 5.48. The molecule has 7 nitrogen and oxygen atoms in total. The first-order chi connectivity index (χ1) is 12.5. The Bertz CT molecular complexity index is 674. The summed E-state index contributed by atoms with van der Waals surface area (Å²) in [6.07, 6.45) is 1.48. The fourth-order valence-electron chi connectivity index (χ4n) is 3.72. The van der Waals surface area contributed by atoms with Crippen LogP contribution in [0, 0.1) is 0 Å². The number of carbonyl (C=O) groups is 2. The molecule has 1 aliphatic heterocycles. The molecule has 1 unspecified atom stereocenters. The van der Waals surface area contributed by atoms with Crippen molar-refractivity contribution < 1.29 is 24.2 Å². The van der Waals surface area contributed by atoms with Gasteiger partial charge in [0.2, 0.25) is 5.91 Å². The number of carboxylic acid groups (broad SMARTS) is 1. The molecule has 1 amide bonds. The molecule has 1 heterocycles. The average Bonchev–Trinajstić information content (AvgIpc) is 3.42. The van der Waals surface area contributed by atoms with Crippen molar-refractivity contribution in [2.24, 2.45) is 0 Å². The summed E-state index contributed by atoms with van der Waals surface area (Å²) in [6, 6.07) is 7.72. The summed E-state index contributed by atoms with van der Waals surface area (Å²) >= 11 is 0. The zero-order chi connectivity index (χ0) is 18.7. The van der Waals surface area contributed by atoms with Crippen molar-refractivity contribution in [3.05, 3.63) is 29.8 Å². The maximum atomic E-state index is 13.3. The number of morpholine rings is 1. The summed E-state index contributed by atoms with van der Waals surface area (Å²) < 4.78 is 11.2. The number of rotatable bonds is 7. The van der Waals surface area contributed by atoms with Gasteiger partial charge in [0, 0.05) is 25.2 Å². The van der Waals surface area contributed by atoms with Gasteiger partial charge in [0.25, 0.3) is 0 Å². The van der Waals surface area contributed by atoms with E-state index < -0.39 is 11.4 Å². The molecule has 1 aliphatic carbocycles. The standard InChI is InChI=1S/C19H26N2O5/c1-20(13-17(22)23)11-14-12-21(9-10-26-14)18(24)19(7-8-19)15-5-3-4-6-16(15)25-2/h3-6,14H,7-13H2,1-2H3,(H,22,23). The highest BCUT2D eigenvalue weighted by Gasteiger charge is 2.54. The van der Waals surface area contributed by atoms with Crippen LogP contribution in [0.15, 0.2) is 24.3 Å². The van der Waals surface area contributed by atoms with Crippen LogP contribution >= 0.6 is 0 Å². The molecule has 1 saturated heterocycles. The van der Waals surface area contributed by atoms with E-state index in [2.05, 4.69) is 0 Å². The third-order valence-electron chi connectivity index (χ3n) is 5.13. The maximum Gasteiger partial charge on any atom is 0.317 e. The lowest BCUT2D eigenvalue weighted by Crippen LogP contribution is -2.52. The van der Waals surface area contributed by atoms with Crippen molar-refractivity contribution in [3.8, 4) is 5.75 Å². The summed E-state index contributed by atoms with van der Waals surface area (Å²) in [4.78, 5) is 27.7. The zero-order valence-corrected chi connectivity index (χ0v) is 15.3. The van der Waals surface area contributed by atoms with Gasteiger partial charge in [-0.05, 0) is 26.0 Å². The minimum Gasteiger partial charge on any atom is -0.496 e. The lowest BCUT2D eigenvalue weighted by molar-refractivity contribution is -0.144. The molecule has 1 aromatic carbocycles. The van der Waals surface area contributed by atoms with Crippen LogP contribution in [-0.2, 0) is 19.7 Å². The van der Waals surface area contributed by atoms with Crippen LogP contribution in [0.5, 0.6) is 5.75 Å². The van der Waals surface area contributed by atoms with Gasteiger partial charge in [0.15, 0.2) is 0 Å². The molecule has 26 heavy (non-hydrogen) atoms. The quantitative estimate of drug-likeness (QED) is 0.779. The van der Waals surface area contributed by atoms with E-state index in [1.54, 1.807) is 19.1 Å². The number of benzene rings is 1. The molecule has 1 N–H and O–H groups in total. The van der Waals surface area contributed by atoms with Crippen molar-refractivity contribution in [1.29, 1.82) is 0 Å². The Morgan fingerprint density at radius 2 is 2.12 bits per heavy atom. The summed E-state index contributed by atoms with van der Waals surface area (Å²) in [7, 11) is 3.37. The number of hydrogen-bond donors (Lipinski definition) is 1. The first kappa shape index (κ1) is 18.7. The Morgan fingerprint density at radius 3 is 2.77 bits per heavy atom. The second-order valence-electron chi connectivity index (χ2n) is 7.12. The van der Waals surface area contributed by atoms with Crippen LogP contribution in [0.2, 0.25) is 0 Å². The summed E-state index contributed by atoms with van der Waals surface area (Å²) in [5.41, 5.74) is 0.472. The first-order valence-electron chi connectivity index (χ1n) is 8.91. The zero-order valence-electron chi connectivity index (χ0n) is 15.3. The Labute approximate surface area is 153 Å². The van der Waals surface area contributed by atoms with Gasteiger partial charge in [-0.25, -0.2) is 0 Å². The van der Waals surface area contributed by atoms with Gasteiger partial charge < -0.3 is 19.5 Å². The van der Waals surface area contributed by atoms with Crippen LogP contribution in [0.4, 0.5) is 0 Å². The first-order valence-corrected chi connectivity index (χ1v) is 8.91. The molecule has 1 saturated carbocycles. The molecule has 3 rings (SSSR count). The summed E-state index contributed by atoms with van der Waals surface area (Å²) in [5.74, 6) is 0.00452. The molecule has 0 spiro atoms. The van der Waals surface area contributed by atoms with Crippen LogP contribution in [0.25, 0.3) is 0 Å². The number of hydrogen-bond acceptors (Lipinski definition) is 5. The van der Waals surface area contributed by atoms with Gasteiger partial charge >= 0.3 is 5.97 Å². The number of carboxylic acids is 1. The minimum atomic E-state index is -0.871. The maximum absolute atomic E-state index is 13.3. The highest BCUT2D eigenvalue weighted by molar-refractivity contribution is 5.92. The van der Waals surface area contributed by atoms with Gasteiger partial charge in [-0.3, -0.25) is 14.5 Å². The lowest BCUT2D eigenvalue weighted by atomic mass is 9.93. The molecule has 1 atom stereocenters. The van der Waals surface area contributed by atoms with Gasteiger partial charge in [0.05, 0.1) is 31.8 Å². The average molecular weight is 362 g/mol. The van der Waals surface area contributed by atoms with Crippen molar-refractivity contribution in [3.63, 3.8) is 0 Å². The molecule has 0 aromatic heterocycles. The van der Waals surface area contributed by atoms with E-state index in [0.717, 1.165) is 24.2 Å². The van der Waals surface area contributed by atoms with E-state index in [4.69, 9.17) is 14.6 Å². The van der Waals surface area contributed by atoms with Crippen molar-refractivity contribution in [2.45, 2.75) is 24.4 Å². The van der Waals surface area contributed by atoms with Gasteiger partial charge in [0.1, 0.15) is 5.75 Å². The number of amides is 1. The predicted octanol–water partition coefficient (Wildman–Crippen LogP) is 0.971. The number of likely N-dealkylation sites (N-methyl/N-ethyl adjacent to an activating group) is 1. The monoisotopic (exact) mass is 362 g/mol. The molecular formula is C19H26N2O5. The van der Waals surface area contributed by atoms with Crippen LogP contribution < -0.4 is 4.74 Å². The Balaban J connectivity index is 1.68. The molecule has 7 heteroatoms. The third-order valence-corrected chi connectivity index (χ3v) is 5.13. The third kappa shape index (κ3) is 3.83. The van der Waals surface area contributed by atoms with Gasteiger partial charge in [-0.1, -0.05) is 18.2 Å². The molecule has 0 radical (unpaired) electrons. The topological polar surface area (TPSA) is 79.3 Å². The van der Waals surface area contributed by atoms with Crippen molar-refractivity contribution in [2.75, 3.05) is 46.9 Å². The van der Waals surface area contributed by atoms with E-state index >= 15 is 0 Å². The predicted molar refractivity (Wildman–Crippen MR) is 95.4 cm³/mol. The summed E-state index contributed by atoms with van der Waals surface area (Å²) in [5, 5.41) is 8.89. The normalized spacial score (nSPS) is 21.5. The second kappa shape index (κ2) is 7.63. The summed E-state index contributed by atoms with van der Waals surface area (Å²) in [6.45, 7) is 1.96. The van der Waals surface area contributed by atoms with Crippen molar-refractivity contribution in [1.82, 2.24) is 9.80 Å². The number of carbonyl (C=O) groups excluding carboxylic acids is 1. The second-order valence-corrected chi connectivity index (χ2v) is 7.12. The molecule has 2 aliphatic rings. The molecule has 1 aromatic rings. The molecular weight excluding hydrogens is 336 g/mol. The highest BCUT2D eigenvalue weighted by atomic mass is 16.5. The highest BCUT2D eigenvalue weighted by Crippen LogP contribution is 2.52. The smallest absolute Gasteiger partial charge is 0.317 e. The van der Waals surface area contributed by atoms with Gasteiger partial charge in [-0.15, -0.1) is 0 Å². The number of ether oxygens (including phenoxy) is 2.